The second-order valence-electron chi connectivity index (χ2n) is 5.21. The number of hydrogen-bond acceptors (Lipinski definition) is 3. The summed E-state index contributed by atoms with van der Waals surface area (Å²) in [5.41, 5.74) is 2.59. The molecule has 2 aliphatic rings. The summed E-state index contributed by atoms with van der Waals surface area (Å²) < 4.78 is 11.0. The topological polar surface area (TPSA) is 47.6 Å². The number of nitrogens with one attached hydrogen (secondary N) is 1. The third-order valence-corrected chi connectivity index (χ3v) is 3.84. The highest BCUT2D eigenvalue weighted by molar-refractivity contribution is 5.79. The molecule has 1 fully saturated rings. The Hall–Kier alpha value is -1.39. The van der Waals surface area contributed by atoms with Crippen LogP contribution in [0.2, 0.25) is 0 Å². The zero-order valence-electron chi connectivity index (χ0n) is 10.9. The van der Waals surface area contributed by atoms with Crippen molar-refractivity contribution in [3.8, 4) is 0 Å². The molecule has 0 radical (unpaired) electrons. The fourth-order valence-corrected chi connectivity index (χ4v) is 2.64. The molecule has 4 nitrogen and oxygen atoms in total. The van der Waals surface area contributed by atoms with Gasteiger partial charge in [-0.2, -0.15) is 0 Å². The summed E-state index contributed by atoms with van der Waals surface area (Å²) in [5.74, 6) is 0.121. The summed E-state index contributed by atoms with van der Waals surface area (Å²) in [6.07, 6.45) is 1.79. The molecule has 2 unspecified atom stereocenters. The minimum absolute atomic E-state index is 0.0240. The largest absolute Gasteiger partial charge is 0.381 e. The molecule has 0 spiro atoms. The Bertz CT molecular complexity index is 454. The minimum Gasteiger partial charge on any atom is -0.381 e. The first kappa shape index (κ1) is 12.6. The predicted octanol–water partition coefficient (Wildman–Crippen LogP) is 1.28. The number of fused-ring (bicyclic) bond motifs is 1. The van der Waals surface area contributed by atoms with Crippen molar-refractivity contribution in [2.45, 2.75) is 25.6 Å². The molecule has 0 aromatic heterocycles. The highest BCUT2D eigenvalue weighted by atomic mass is 16.5. The van der Waals surface area contributed by atoms with Gasteiger partial charge in [-0.25, -0.2) is 0 Å². The standard InChI is InChI=1S/C15H19NO3/c17-15(13-5-6-18-9-13)16-8-14-7-11-3-1-2-4-12(11)10-19-14/h1-4,13-14H,5-10H2,(H,16,17). The number of amides is 1. The Morgan fingerprint density at radius 3 is 2.95 bits per heavy atom. The van der Waals surface area contributed by atoms with Crippen molar-refractivity contribution in [3.05, 3.63) is 35.4 Å². The van der Waals surface area contributed by atoms with Gasteiger partial charge in [-0.1, -0.05) is 24.3 Å². The quantitative estimate of drug-likeness (QED) is 0.891. The smallest absolute Gasteiger partial charge is 0.225 e. The Morgan fingerprint density at radius 2 is 2.16 bits per heavy atom. The van der Waals surface area contributed by atoms with Crippen LogP contribution in [0.25, 0.3) is 0 Å². The van der Waals surface area contributed by atoms with E-state index in [-0.39, 0.29) is 17.9 Å². The van der Waals surface area contributed by atoms with Crippen molar-refractivity contribution in [2.75, 3.05) is 19.8 Å². The molecule has 3 rings (SSSR count). The SMILES string of the molecule is O=C(NCC1Cc2ccccc2CO1)C1CCOC1. The van der Waals surface area contributed by atoms with E-state index in [1.54, 1.807) is 0 Å². The second kappa shape index (κ2) is 5.72. The molecule has 0 bridgehead atoms. The van der Waals surface area contributed by atoms with Crippen molar-refractivity contribution in [1.29, 1.82) is 0 Å². The van der Waals surface area contributed by atoms with E-state index < -0.39 is 0 Å². The summed E-state index contributed by atoms with van der Waals surface area (Å²) in [4.78, 5) is 11.9. The lowest BCUT2D eigenvalue weighted by molar-refractivity contribution is -0.125. The lowest BCUT2D eigenvalue weighted by Gasteiger charge is -2.25. The number of benzene rings is 1. The van der Waals surface area contributed by atoms with Gasteiger partial charge in [0, 0.05) is 19.6 Å². The maximum absolute atomic E-state index is 11.9. The Balaban J connectivity index is 1.50. The lowest BCUT2D eigenvalue weighted by atomic mass is 9.99. The molecule has 2 heterocycles. The van der Waals surface area contributed by atoms with E-state index >= 15 is 0 Å². The normalized spacial score (nSPS) is 25.9. The molecule has 1 N–H and O–H groups in total. The third-order valence-electron chi connectivity index (χ3n) is 3.84. The second-order valence-corrected chi connectivity index (χ2v) is 5.21. The van der Waals surface area contributed by atoms with Crippen molar-refractivity contribution in [2.24, 2.45) is 5.92 Å². The summed E-state index contributed by atoms with van der Waals surface area (Å²) in [5, 5.41) is 2.98. The number of carbonyl (C=O) groups excluding carboxylic acids is 1. The van der Waals surface area contributed by atoms with Gasteiger partial charge in [-0.15, -0.1) is 0 Å². The van der Waals surface area contributed by atoms with Crippen molar-refractivity contribution < 1.29 is 14.3 Å². The van der Waals surface area contributed by atoms with E-state index in [0.717, 1.165) is 12.8 Å². The fraction of sp³-hybridized carbons (Fsp3) is 0.533. The van der Waals surface area contributed by atoms with E-state index in [1.807, 2.05) is 6.07 Å². The molecule has 1 saturated heterocycles. The average molecular weight is 261 g/mol. The lowest BCUT2D eigenvalue weighted by Crippen LogP contribution is -2.39. The van der Waals surface area contributed by atoms with Crippen molar-refractivity contribution in [1.82, 2.24) is 5.32 Å². The van der Waals surface area contributed by atoms with Gasteiger partial charge >= 0.3 is 0 Å². The van der Waals surface area contributed by atoms with Crippen LogP contribution >= 0.6 is 0 Å². The van der Waals surface area contributed by atoms with Crippen LogP contribution in [-0.2, 0) is 27.3 Å². The maximum atomic E-state index is 11.9. The molecule has 1 aromatic rings. The summed E-state index contributed by atoms with van der Waals surface area (Å²) in [7, 11) is 0. The number of carbonyl (C=O) groups is 1. The number of ether oxygens (including phenoxy) is 2. The molecule has 1 aromatic carbocycles. The first-order valence-electron chi connectivity index (χ1n) is 6.87. The molecule has 2 aliphatic heterocycles. The average Bonchev–Trinajstić information content (AvgIpc) is 2.99. The van der Waals surface area contributed by atoms with Crippen LogP contribution in [0.3, 0.4) is 0 Å². The van der Waals surface area contributed by atoms with Gasteiger partial charge in [-0.3, -0.25) is 4.79 Å². The van der Waals surface area contributed by atoms with Gasteiger partial charge in [0.25, 0.3) is 0 Å². The van der Waals surface area contributed by atoms with Gasteiger partial charge in [0.1, 0.15) is 0 Å². The molecule has 1 amide bonds. The van der Waals surface area contributed by atoms with Crippen molar-refractivity contribution >= 4 is 5.91 Å². The van der Waals surface area contributed by atoms with Crippen LogP contribution in [-0.4, -0.2) is 31.8 Å². The maximum Gasteiger partial charge on any atom is 0.225 e. The van der Waals surface area contributed by atoms with Crippen LogP contribution in [0.4, 0.5) is 0 Å². The van der Waals surface area contributed by atoms with E-state index in [2.05, 4.69) is 23.5 Å². The summed E-state index contributed by atoms with van der Waals surface area (Å²) in [6.45, 7) is 2.48. The highest BCUT2D eigenvalue weighted by Crippen LogP contribution is 2.20. The fourth-order valence-electron chi connectivity index (χ4n) is 2.64. The van der Waals surface area contributed by atoms with E-state index in [4.69, 9.17) is 9.47 Å². The van der Waals surface area contributed by atoms with Gasteiger partial charge in [0.05, 0.1) is 25.2 Å². The highest BCUT2D eigenvalue weighted by Gasteiger charge is 2.25. The number of hydrogen-bond donors (Lipinski definition) is 1. The zero-order valence-corrected chi connectivity index (χ0v) is 10.9. The predicted molar refractivity (Wildman–Crippen MR) is 70.7 cm³/mol. The molecule has 0 aliphatic carbocycles. The third kappa shape index (κ3) is 2.96. The first-order chi connectivity index (χ1) is 9.33. The van der Waals surface area contributed by atoms with Crippen molar-refractivity contribution in [3.63, 3.8) is 0 Å². The molecule has 0 saturated carbocycles. The Kier molecular flexibility index (Phi) is 3.80. The van der Waals surface area contributed by atoms with Gasteiger partial charge in [0.2, 0.25) is 5.91 Å². The molecule has 102 valence electrons. The van der Waals surface area contributed by atoms with Gasteiger partial charge in [0.15, 0.2) is 0 Å². The summed E-state index contributed by atoms with van der Waals surface area (Å²) >= 11 is 0. The first-order valence-corrected chi connectivity index (χ1v) is 6.87. The van der Waals surface area contributed by atoms with Crippen LogP contribution in [0.15, 0.2) is 24.3 Å². The minimum atomic E-state index is 0.0240. The van der Waals surface area contributed by atoms with E-state index in [1.165, 1.54) is 11.1 Å². The van der Waals surface area contributed by atoms with Crippen LogP contribution in [0, 0.1) is 5.92 Å². The van der Waals surface area contributed by atoms with Crippen LogP contribution < -0.4 is 5.32 Å². The van der Waals surface area contributed by atoms with Crippen LogP contribution in [0.1, 0.15) is 17.5 Å². The van der Waals surface area contributed by atoms with Gasteiger partial charge < -0.3 is 14.8 Å². The molecule has 19 heavy (non-hydrogen) atoms. The Morgan fingerprint density at radius 1 is 1.32 bits per heavy atom. The molecule has 4 heteroatoms. The molecular weight excluding hydrogens is 242 g/mol. The van der Waals surface area contributed by atoms with Crippen LogP contribution in [0.5, 0.6) is 0 Å². The van der Waals surface area contributed by atoms with Gasteiger partial charge in [-0.05, 0) is 17.5 Å². The molecule has 2 atom stereocenters. The van der Waals surface area contributed by atoms with E-state index in [0.29, 0.717) is 26.4 Å². The zero-order chi connectivity index (χ0) is 13.1. The molecular formula is C15H19NO3. The van der Waals surface area contributed by atoms with E-state index in [9.17, 15) is 4.79 Å². The number of rotatable bonds is 3. The summed E-state index contributed by atoms with van der Waals surface area (Å²) in [6, 6.07) is 8.32. The monoisotopic (exact) mass is 261 g/mol. The Labute approximate surface area is 113 Å².